The summed E-state index contributed by atoms with van der Waals surface area (Å²) in [6, 6.07) is 2.02. The van der Waals surface area contributed by atoms with E-state index < -0.39 is 0 Å². The summed E-state index contributed by atoms with van der Waals surface area (Å²) in [7, 11) is 1.92. The molecule has 1 aliphatic heterocycles. The summed E-state index contributed by atoms with van der Waals surface area (Å²) in [5.41, 5.74) is 0. The second-order valence-electron chi connectivity index (χ2n) is 4.26. The van der Waals surface area contributed by atoms with Crippen LogP contribution in [0.25, 0.3) is 0 Å². The van der Waals surface area contributed by atoms with Crippen LogP contribution in [0.1, 0.15) is 31.5 Å². The number of rotatable bonds is 3. The van der Waals surface area contributed by atoms with E-state index in [2.05, 4.69) is 20.2 Å². The van der Waals surface area contributed by atoms with E-state index in [0.717, 1.165) is 31.3 Å². The highest BCUT2D eigenvalue weighted by molar-refractivity contribution is 5.37. The maximum Gasteiger partial charge on any atom is 0.144 e. The van der Waals surface area contributed by atoms with Crippen molar-refractivity contribution in [3.8, 4) is 0 Å². The molecule has 16 heavy (non-hydrogen) atoms. The molecule has 0 unspecified atom stereocenters. The van der Waals surface area contributed by atoms with Crippen LogP contribution in [0.2, 0.25) is 0 Å². The van der Waals surface area contributed by atoms with Crippen LogP contribution in [0.3, 0.4) is 0 Å². The molecule has 88 valence electrons. The van der Waals surface area contributed by atoms with E-state index in [0.29, 0.717) is 0 Å². The van der Waals surface area contributed by atoms with Crippen molar-refractivity contribution >= 4 is 5.82 Å². The first-order valence-corrected chi connectivity index (χ1v) is 6.11. The average molecular weight is 220 g/mol. The van der Waals surface area contributed by atoms with Crippen molar-refractivity contribution in [1.82, 2.24) is 15.3 Å². The first-order valence-electron chi connectivity index (χ1n) is 6.11. The van der Waals surface area contributed by atoms with Crippen molar-refractivity contribution in [3.05, 3.63) is 18.1 Å². The third-order valence-electron chi connectivity index (χ3n) is 2.96. The monoisotopic (exact) mass is 220 g/mol. The predicted molar refractivity (Wildman–Crippen MR) is 65.5 cm³/mol. The number of nitrogens with one attached hydrogen (secondary N) is 1. The molecule has 4 nitrogen and oxygen atoms in total. The Bertz CT molecular complexity index is 319. The number of aromatic nitrogens is 2. The first kappa shape index (κ1) is 11.3. The van der Waals surface area contributed by atoms with E-state index in [-0.39, 0.29) is 0 Å². The summed E-state index contributed by atoms with van der Waals surface area (Å²) >= 11 is 0. The van der Waals surface area contributed by atoms with Crippen molar-refractivity contribution in [3.63, 3.8) is 0 Å². The molecule has 0 bridgehead atoms. The molecule has 2 heterocycles. The number of nitrogens with zero attached hydrogens (tertiary/aromatic N) is 3. The van der Waals surface area contributed by atoms with Crippen LogP contribution in [0.15, 0.2) is 12.3 Å². The van der Waals surface area contributed by atoms with Crippen molar-refractivity contribution < 1.29 is 0 Å². The Kier molecular flexibility index (Phi) is 4.10. The molecular weight excluding hydrogens is 200 g/mol. The quantitative estimate of drug-likeness (QED) is 0.839. The molecular formula is C12H20N4. The lowest BCUT2D eigenvalue weighted by atomic mass is 10.2. The van der Waals surface area contributed by atoms with Crippen LogP contribution < -0.4 is 10.2 Å². The van der Waals surface area contributed by atoms with E-state index in [1.54, 1.807) is 0 Å². The summed E-state index contributed by atoms with van der Waals surface area (Å²) in [6.07, 6.45) is 7.13. The van der Waals surface area contributed by atoms with E-state index in [1.165, 1.54) is 25.7 Å². The van der Waals surface area contributed by atoms with Gasteiger partial charge in [-0.05, 0) is 26.0 Å². The van der Waals surface area contributed by atoms with Gasteiger partial charge < -0.3 is 10.2 Å². The Balaban J connectivity index is 2.08. The lowest BCUT2D eigenvalue weighted by molar-refractivity contribution is 0.726. The number of anilines is 1. The lowest BCUT2D eigenvalue weighted by Gasteiger charge is -2.21. The molecule has 0 radical (unpaired) electrons. The summed E-state index contributed by atoms with van der Waals surface area (Å²) in [5, 5.41) is 3.08. The second-order valence-corrected chi connectivity index (χ2v) is 4.26. The molecule has 1 N–H and O–H groups in total. The first-order chi connectivity index (χ1) is 7.90. The largest absolute Gasteiger partial charge is 0.357 e. The van der Waals surface area contributed by atoms with Crippen molar-refractivity contribution in [2.24, 2.45) is 0 Å². The van der Waals surface area contributed by atoms with E-state index in [4.69, 9.17) is 0 Å². The Labute approximate surface area is 97.1 Å². The average Bonchev–Trinajstić information content (AvgIpc) is 2.58. The highest BCUT2D eigenvalue weighted by Crippen LogP contribution is 2.16. The Morgan fingerprint density at radius 1 is 1.25 bits per heavy atom. The van der Waals surface area contributed by atoms with Crippen LogP contribution in [-0.2, 0) is 6.54 Å². The normalized spacial score (nSPS) is 17.2. The third kappa shape index (κ3) is 2.92. The molecule has 0 aliphatic carbocycles. The molecule has 4 heteroatoms. The van der Waals surface area contributed by atoms with E-state index in [9.17, 15) is 0 Å². The van der Waals surface area contributed by atoms with Gasteiger partial charge in [-0.1, -0.05) is 12.8 Å². The maximum atomic E-state index is 4.58. The Morgan fingerprint density at radius 2 is 2.00 bits per heavy atom. The summed E-state index contributed by atoms with van der Waals surface area (Å²) in [4.78, 5) is 11.2. The molecule has 1 saturated heterocycles. The molecule has 0 saturated carbocycles. The topological polar surface area (TPSA) is 41.1 Å². The van der Waals surface area contributed by atoms with E-state index >= 15 is 0 Å². The van der Waals surface area contributed by atoms with Gasteiger partial charge in [-0.2, -0.15) is 0 Å². The predicted octanol–water partition coefficient (Wildman–Crippen LogP) is 1.58. The minimum Gasteiger partial charge on any atom is -0.357 e. The minimum absolute atomic E-state index is 0.738. The molecule has 1 aliphatic rings. The molecule has 0 spiro atoms. The van der Waals surface area contributed by atoms with Crippen LogP contribution in [0, 0.1) is 0 Å². The van der Waals surface area contributed by atoms with Crippen LogP contribution in [0.5, 0.6) is 0 Å². The summed E-state index contributed by atoms with van der Waals surface area (Å²) in [6.45, 7) is 3.01. The molecule has 2 rings (SSSR count). The maximum absolute atomic E-state index is 4.58. The molecule has 1 aromatic heterocycles. The van der Waals surface area contributed by atoms with E-state index in [1.807, 2.05) is 19.3 Å². The minimum atomic E-state index is 0.738. The Morgan fingerprint density at radius 3 is 2.69 bits per heavy atom. The zero-order chi connectivity index (χ0) is 11.2. The molecule has 1 aromatic rings. The summed E-state index contributed by atoms with van der Waals surface area (Å²) in [5.74, 6) is 1.96. The molecule has 1 fully saturated rings. The molecule has 0 aromatic carbocycles. The molecule has 0 atom stereocenters. The standard InChI is InChI=1S/C12H20N4/c1-13-10-11-14-7-6-12(15-11)16-8-4-2-3-5-9-16/h6-7,13H,2-5,8-10H2,1H3. The second kappa shape index (κ2) is 5.80. The van der Waals surface area contributed by atoms with Crippen molar-refractivity contribution in [1.29, 1.82) is 0 Å². The van der Waals surface area contributed by atoms with Crippen LogP contribution >= 0.6 is 0 Å². The number of hydrogen-bond donors (Lipinski definition) is 1. The molecule has 0 amide bonds. The van der Waals surface area contributed by atoms with Gasteiger partial charge in [0.05, 0.1) is 6.54 Å². The number of hydrogen-bond acceptors (Lipinski definition) is 4. The van der Waals surface area contributed by atoms with Gasteiger partial charge in [-0.15, -0.1) is 0 Å². The highest BCUT2D eigenvalue weighted by atomic mass is 15.2. The van der Waals surface area contributed by atoms with Gasteiger partial charge in [0.25, 0.3) is 0 Å². The van der Waals surface area contributed by atoms with Crippen molar-refractivity contribution in [2.45, 2.75) is 32.2 Å². The highest BCUT2D eigenvalue weighted by Gasteiger charge is 2.11. The SMILES string of the molecule is CNCc1nccc(N2CCCCCC2)n1. The van der Waals surface area contributed by atoms with Gasteiger partial charge >= 0.3 is 0 Å². The zero-order valence-corrected chi connectivity index (χ0v) is 9.95. The van der Waals surface area contributed by atoms with Gasteiger partial charge in [0, 0.05) is 19.3 Å². The van der Waals surface area contributed by atoms with Gasteiger partial charge in [0.1, 0.15) is 11.6 Å². The Hall–Kier alpha value is -1.16. The van der Waals surface area contributed by atoms with Crippen LogP contribution in [-0.4, -0.2) is 30.1 Å². The van der Waals surface area contributed by atoms with Gasteiger partial charge in [-0.3, -0.25) is 0 Å². The fourth-order valence-corrected chi connectivity index (χ4v) is 2.11. The van der Waals surface area contributed by atoms with Gasteiger partial charge in [-0.25, -0.2) is 9.97 Å². The zero-order valence-electron chi connectivity index (χ0n) is 9.95. The fraction of sp³-hybridized carbons (Fsp3) is 0.667. The van der Waals surface area contributed by atoms with Gasteiger partial charge in [0.2, 0.25) is 0 Å². The lowest BCUT2D eigenvalue weighted by Crippen LogP contribution is -2.25. The third-order valence-corrected chi connectivity index (χ3v) is 2.96. The fourth-order valence-electron chi connectivity index (χ4n) is 2.11. The van der Waals surface area contributed by atoms with Gasteiger partial charge in [0.15, 0.2) is 0 Å². The van der Waals surface area contributed by atoms with Crippen LogP contribution in [0.4, 0.5) is 5.82 Å². The smallest absolute Gasteiger partial charge is 0.144 e. The summed E-state index contributed by atoms with van der Waals surface area (Å²) < 4.78 is 0. The van der Waals surface area contributed by atoms with Crippen molar-refractivity contribution in [2.75, 3.05) is 25.0 Å².